The van der Waals surface area contributed by atoms with Crippen LogP contribution in [-0.4, -0.2) is 34.7 Å². The van der Waals surface area contributed by atoms with Crippen LogP contribution in [0.25, 0.3) is 0 Å². The molecule has 1 aliphatic heterocycles. The molecule has 2 aromatic rings. The van der Waals surface area contributed by atoms with Gasteiger partial charge in [-0.25, -0.2) is 0 Å². The molecule has 0 saturated heterocycles. The summed E-state index contributed by atoms with van der Waals surface area (Å²) in [6.45, 7) is 1.46. The highest BCUT2D eigenvalue weighted by molar-refractivity contribution is 5.71. The second-order valence-corrected chi connectivity index (χ2v) is 11.5. The summed E-state index contributed by atoms with van der Waals surface area (Å²) in [6.07, 6.45) is -4.90. The summed E-state index contributed by atoms with van der Waals surface area (Å²) in [7, 11) is 1.63. The van der Waals surface area contributed by atoms with Crippen molar-refractivity contribution in [3.8, 4) is 5.75 Å². The number of halogens is 6. The minimum absolute atomic E-state index is 0.0927. The number of alkyl halides is 6. The van der Waals surface area contributed by atoms with Gasteiger partial charge >= 0.3 is 18.3 Å². The average molecular weight is 556 g/mol. The number of nitrogens with zero attached hydrogens (tertiary/aromatic N) is 1. The minimum atomic E-state index is -4.76. The van der Waals surface area contributed by atoms with E-state index in [0.29, 0.717) is 37.0 Å². The van der Waals surface area contributed by atoms with Crippen molar-refractivity contribution in [3.63, 3.8) is 0 Å². The van der Waals surface area contributed by atoms with Gasteiger partial charge in [-0.3, -0.25) is 9.69 Å². The first kappa shape index (κ1) is 27.8. The Morgan fingerprint density at radius 3 is 2.36 bits per heavy atom. The van der Waals surface area contributed by atoms with Gasteiger partial charge in [0.15, 0.2) is 0 Å². The summed E-state index contributed by atoms with van der Waals surface area (Å²) in [5, 5.41) is 9.61. The number of carbonyl (C=O) groups is 1. The van der Waals surface area contributed by atoms with Gasteiger partial charge in [0.2, 0.25) is 0 Å². The van der Waals surface area contributed by atoms with Crippen molar-refractivity contribution in [1.82, 2.24) is 4.90 Å². The van der Waals surface area contributed by atoms with E-state index in [1.807, 2.05) is 18.2 Å². The second-order valence-electron chi connectivity index (χ2n) is 11.5. The molecule has 2 aromatic carbocycles. The summed E-state index contributed by atoms with van der Waals surface area (Å²) in [6, 6.07) is 7.37. The Bertz CT molecular complexity index is 1250. The molecule has 10 heteroatoms. The van der Waals surface area contributed by atoms with Gasteiger partial charge in [-0.05, 0) is 85.5 Å². The van der Waals surface area contributed by atoms with E-state index in [0.717, 1.165) is 42.6 Å². The van der Waals surface area contributed by atoms with E-state index in [1.54, 1.807) is 18.9 Å². The van der Waals surface area contributed by atoms with Crippen LogP contribution < -0.4 is 4.74 Å². The Morgan fingerprint density at radius 1 is 1.08 bits per heavy atom. The standard InChI is InChI=1S/C29H31F6NO3/c1-16(26(37)38)25(18-4-5-18)19-6-3-17-9-10-27(39-24(17)12-19)13-22(14-27)36(2)15-20-11-21(28(30,31)32)7-8-23(20)29(33,34)35/h3,6-8,11-12,16,18,22,25H,4-5,9-10,13-15H2,1-2H3,(H,37,38)/t16-,22?,25-,27?/m0/s1. The molecule has 3 aliphatic rings. The predicted molar refractivity (Wildman–Crippen MR) is 131 cm³/mol. The van der Waals surface area contributed by atoms with Gasteiger partial charge in [-0.1, -0.05) is 19.1 Å². The fourth-order valence-electron chi connectivity index (χ4n) is 6.28. The Labute approximate surface area is 222 Å². The monoisotopic (exact) mass is 555 g/mol. The van der Waals surface area contributed by atoms with Crippen LogP contribution in [0.4, 0.5) is 26.3 Å². The lowest BCUT2D eigenvalue weighted by Crippen LogP contribution is -2.58. The molecule has 0 amide bonds. The topological polar surface area (TPSA) is 49.8 Å². The Kier molecular flexibility index (Phi) is 6.92. The van der Waals surface area contributed by atoms with Crippen molar-refractivity contribution >= 4 is 5.97 Å². The summed E-state index contributed by atoms with van der Waals surface area (Å²) in [5.41, 5.74) is -1.07. The van der Waals surface area contributed by atoms with Crippen LogP contribution >= 0.6 is 0 Å². The first-order valence-corrected chi connectivity index (χ1v) is 13.2. The highest BCUT2D eigenvalue weighted by atomic mass is 19.4. The van der Waals surface area contributed by atoms with Crippen LogP contribution in [0.3, 0.4) is 0 Å². The summed E-state index contributed by atoms with van der Waals surface area (Å²) < 4.78 is 86.7. The number of carboxylic acid groups (broad SMARTS) is 1. The minimum Gasteiger partial charge on any atom is -0.487 e. The molecule has 4 nitrogen and oxygen atoms in total. The smallest absolute Gasteiger partial charge is 0.416 e. The maximum atomic E-state index is 13.5. The van der Waals surface area contributed by atoms with E-state index in [9.17, 15) is 36.2 Å². The Hall–Kier alpha value is -2.75. The van der Waals surface area contributed by atoms with Gasteiger partial charge in [-0.15, -0.1) is 0 Å². The molecular weight excluding hydrogens is 524 g/mol. The molecule has 1 spiro atoms. The summed E-state index contributed by atoms with van der Waals surface area (Å²) >= 11 is 0. The first-order chi connectivity index (χ1) is 18.2. The third kappa shape index (κ3) is 5.62. The number of ether oxygens (including phenoxy) is 1. The highest BCUT2D eigenvalue weighted by Gasteiger charge is 2.50. The SMILES string of the molecule is C[C@H](C(=O)O)[C@H](c1ccc2c(c1)OC1(CC2)CC(N(C)Cc2cc(C(F)(F)F)ccc2C(F)(F)F)C1)C1CC1. The molecule has 0 aromatic heterocycles. The van der Waals surface area contributed by atoms with Crippen molar-refractivity contribution in [2.45, 2.75) is 81.9 Å². The van der Waals surface area contributed by atoms with Crippen molar-refractivity contribution < 1.29 is 41.0 Å². The number of benzene rings is 2. The fourth-order valence-corrected chi connectivity index (χ4v) is 6.28. The van der Waals surface area contributed by atoms with E-state index in [1.165, 1.54) is 0 Å². The average Bonchev–Trinajstić information content (AvgIpc) is 3.65. The number of hydrogen-bond acceptors (Lipinski definition) is 3. The molecule has 5 rings (SSSR count). The Morgan fingerprint density at radius 2 is 1.77 bits per heavy atom. The van der Waals surface area contributed by atoms with Crippen molar-refractivity contribution in [3.05, 3.63) is 64.2 Å². The molecule has 39 heavy (non-hydrogen) atoms. The van der Waals surface area contributed by atoms with Crippen LogP contribution in [0.5, 0.6) is 5.75 Å². The molecule has 2 saturated carbocycles. The van der Waals surface area contributed by atoms with Crippen molar-refractivity contribution in [2.24, 2.45) is 11.8 Å². The highest BCUT2D eigenvalue weighted by Crippen LogP contribution is 2.51. The zero-order chi connectivity index (χ0) is 28.3. The number of carboxylic acids is 1. The van der Waals surface area contributed by atoms with Crippen LogP contribution in [0, 0.1) is 11.8 Å². The zero-order valence-corrected chi connectivity index (χ0v) is 21.7. The van der Waals surface area contributed by atoms with E-state index >= 15 is 0 Å². The van der Waals surface area contributed by atoms with Gasteiger partial charge in [0, 0.05) is 25.4 Å². The molecule has 0 unspecified atom stereocenters. The van der Waals surface area contributed by atoms with Gasteiger partial charge in [0.05, 0.1) is 17.0 Å². The number of fused-ring (bicyclic) bond motifs is 1. The lowest BCUT2D eigenvalue weighted by atomic mass is 9.70. The molecule has 2 aliphatic carbocycles. The molecule has 1 N–H and O–H groups in total. The lowest BCUT2D eigenvalue weighted by molar-refractivity contribution is -0.142. The van der Waals surface area contributed by atoms with Crippen molar-refractivity contribution in [2.75, 3.05) is 7.05 Å². The summed E-state index contributed by atoms with van der Waals surface area (Å²) in [4.78, 5) is 13.4. The van der Waals surface area contributed by atoms with Gasteiger partial charge < -0.3 is 9.84 Å². The maximum Gasteiger partial charge on any atom is 0.416 e. The third-order valence-electron chi connectivity index (χ3n) is 8.71. The van der Waals surface area contributed by atoms with Crippen LogP contribution in [0.2, 0.25) is 0 Å². The lowest BCUT2D eigenvalue weighted by Gasteiger charge is -2.52. The van der Waals surface area contributed by atoms with Crippen molar-refractivity contribution in [1.29, 1.82) is 0 Å². The molecule has 2 fully saturated rings. The maximum absolute atomic E-state index is 13.5. The van der Waals surface area contributed by atoms with Gasteiger partial charge in [0.1, 0.15) is 11.4 Å². The number of aliphatic carboxylic acids is 1. The number of aryl methyl sites for hydroxylation is 1. The number of hydrogen-bond donors (Lipinski definition) is 1. The van der Waals surface area contributed by atoms with Crippen LogP contribution in [0.15, 0.2) is 36.4 Å². The van der Waals surface area contributed by atoms with Gasteiger partial charge in [-0.2, -0.15) is 26.3 Å². The molecule has 0 bridgehead atoms. The van der Waals surface area contributed by atoms with Crippen LogP contribution in [-0.2, 0) is 30.1 Å². The fraction of sp³-hybridized carbons (Fsp3) is 0.552. The Balaban J connectivity index is 1.29. The zero-order valence-electron chi connectivity index (χ0n) is 21.7. The first-order valence-electron chi connectivity index (χ1n) is 13.2. The predicted octanol–water partition coefficient (Wildman–Crippen LogP) is 7.30. The van der Waals surface area contributed by atoms with Crippen LogP contribution in [0.1, 0.15) is 72.8 Å². The molecule has 1 heterocycles. The molecule has 212 valence electrons. The third-order valence-corrected chi connectivity index (χ3v) is 8.71. The second kappa shape index (κ2) is 9.71. The number of rotatable bonds is 7. The van der Waals surface area contributed by atoms with E-state index in [-0.39, 0.29) is 18.5 Å². The molecule has 2 atom stereocenters. The van der Waals surface area contributed by atoms with E-state index in [2.05, 4.69) is 0 Å². The summed E-state index contributed by atoms with van der Waals surface area (Å²) in [5.74, 6) is -0.385. The van der Waals surface area contributed by atoms with E-state index in [4.69, 9.17) is 4.74 Å². The quantitative estimate of drug-likeness (QED) is 0.365. The molecule has 0 radical (unpaired) electrons. The van der Waals surface area contributed by atoms with Gasteiger partial charge in [0.25, 0.3) is 0 Å². The molecular formula is C29H31F6NO3. The normalized spacial score (nSPS) is 24.6. The van der Waals surface area contributed by atoms with E-state index < -0.39 is 46.5 Å². The largest absolute Gasteiger partial charge is 0.487 e.